The van der Waals surface area contributed by atoms with Crippen LogP contribution < -0.4 is 10.1 Å². The van der Waals surface area contributed by atoms with E-state index in [0.717, 1.165) is 47.9 Å². The average molecular weight is 451 g/mol. The molecule has 1 fully saturated rings. The summed E-state index contributed by atoms with van der Waals surface area (Å²) in [6.07, 6.45) is 6.12. The minimum atomic E-state index is -0.525. The number of nitrogens with one attached hydrogen (secondary N) is 1. The Morgan fingerprint density at radius 1 is 1.00 bits per heavy atom. The van der Waals surface area contributed by atoms with Gasteiger partial charge in [-0.2, -0.15) is 0 Å². The van der Waals surface area contributed by atoms with Gasteiger partial charge in [-0.15, -0.1) is 0 Å². The van der Waals surface area contributed by atoms with Crippen molar-refractivity contribution in [3.8, 4) is 5.75 Å². The minimum absolute atomic E-state index is 0.0585. The minimum Gasteiger partial charge on any atom is -0.484 e. The maximum Gasteiger partial charge on any atom is 0.261 e. The highest BCUT2D eigenvalue weighted by molar-refractivity contribution is 5.88. The van der Waals surface area contributed by atoms with Crippen LogP contribution in [0.4, 0.5) is 0 Å². The zero-order valence-electron chi connectivity index (χ0n) is 20.5. The molecule has 2 aromatic rings. The predicted molar refractivity (Wildman–Crippen MR) is 132 cm³/mol. The second-order valence-corrected chi connectivity index (χ2v) is 9.39. The molecule has 1 N–H and O–H groups in total. The van der Waals surface area contributed by atoms with Gasteiger partial charge < -0.3 is 15.0 Å². The maximum atomic E-state index is 13.4. The second-order valence-electron chi connectivity index (χ2n) is 9.39. The van der Waals surface area contributed by atoms with Crippen molar-refractivity contribution < 1.29 is 14.3 Å². The lowest BCUT2D eigenvalue weighted by Gasteiger charge is -2.32. The molecule has 178 valence electrons. The molecule has 33 heavy (non-hydrogen) atoms. The highest BCUT2D eigenvalue weighted by atomic mass is 16.5. The quantitative estimate of drug-likeness (QED) is 0.568. The highest BCUT2D eigenvalue weighted by Gasteiger charge is 2.30. The lowest BCUT2D eigenvalue weighted by molar-refractivity contribution is -0.143. The number of hydrogen-bond acceptors (Lipinski definition) is 3. The zero-order chi connectivity index (χ0) is 23.8. The van der Waals surface area contributed by atoms with E-state index >= 15 is 0 Å². The van der Waals surface area contributed by atoms with Crippen molar-refractivity contribution in [1.29, 1.82) is 0 Å². The van der Waals surface area contributed by atoms with Gasteiger partial charge in [-0.3, -0.25) is 9.59 Å². The van der Waals surface area contributed by atoms with Gasteiger partial charge in [0.2, 0.25) is 5.91 Å². The largest absolute Gasteiger partial charge is 0.484 e. The number of aryl methyl sites for hydroxylation is 3. The number of nitrogens with zero attached hydrogens (tertiary/aromatic N) is 1. The standard InChI is InChI=1S/C28H38N2O3/c1-5-26(28(32)29-24-12-7-6-8-13-24)30(18-23-11-9-10-20(2)15-23)27(31)19-33-25-16-21(3)14-22(4)17-25/h9-11,14-17,24,26H,5-8,12-13,18-19H2,1-4H3,(H,29,32)/t26-/m0/s1. The molecule has 2 amide bonds. The van der Waals surface area contributed by atoms with E-state index < -0.39 is 6.04 Å². The van der Waals surface area contributed by atoms with E-state index in [2.05, 4.69) is 17.4 Å². The topological polar surface area (TPSA) is 58.6 Å². The van der Waals surface area contributed by atoms with Gasteiger partial charge in [0.15, 0.2) is 6.61 Å². The zero-order valence-corrected chi connectivity index (χ0v) is 20.5. The fraction of sp³-hybridized carbons (Fsp3) is 0.500. The molecule has 0 bridgehead atoms. The van der Waals surface area contributed by atoms with Crippen molar-refractivity contribution >= 4 is 11.8 Å². The lowest BCUT2D eigenvalue weighted by Crippen LogP contribution is -2.52. The first kappa shape index (κ1) is 24.8. The summed E-state index contributed by atoms with van der Waals surface area (Å²) in [5, 5.41) is 3.22. The van der Waals surface area contributed by atoms with Gasteiger partial charge >= 0.3 is 0 Å². The molecule has 1 aliphatic carbocycles. The van der Waals surface area contributed by atoms with Crippen molar-refractivity contribution in [3.63, 3.8) is 0 Å². The molecule has 1 atom stereocenters. The molecule has 5 nitrogen and oxygen atoms in total. The molecule has 0 spiro atoms. The van der Waals surface area contributed by atoms with Crippen LogP contribution in [-0.4, -0.2) is 35.4 Å². The van der Waals surface area contributed by atoms with Crippen molar-refractivity contribution in [2.24, 2.45) is 0 Å². The summed E-state index contributed by atoms with van der Waals surface area (Å²) in [5.41, 5.74) is 4.32. The first-order valence-corrected chi connectivity index (χ1v) is 12.2. The Kier molecular flexibility index (Phi) is 8.93. The summed E-state index contributed by atoms with van der Waals surface area (Å²) in [4.78, 5) is 28.3. The van der Waals surface area contributed by atoms with Gasteiger partial charge in [0.05, 0.1) is 0 Å². The molecule has 3 rings (SSSR count). The number of carbonyl (C=O) groups excluding carboxylic acids is 2. The molecule has 0 saturated heterocycles. The highest BCUT2D eigenvalue weighted by Crippen LogP contribution is 2.20. The Morgan fingerprint density at radius 2 is 1.70 bits per heavy atom. The van der Waals surface area contributed by atoms with Crippen LogP contribution in [0.1, 0.15) is 67.7 Å². The van der Waals surface area contributed by atoms with Gasteiger partial charge in [0.1, 0.15) is 11.8 Å². The van der Waals surface area contributed by atoms with Crippen molar-refractivity contribution in [2.45, 2.75) is 84.8 Å². The fourth-order valence-electron chi connectivity index (χ4n) is 4.72. The van der Waals surface area contributed by atoms with E-state index in [4.69, 9.17) is 4.74 Å². The van der Waals surface area contributed by atoms with Gasteiger partial charge in [-0.05, 0) is 68.9 Å². The molecule has 0 radical (unpaired) electrons. The first-order valence-electron chi connectivity index (χ1n) is 12.2. The fourth-order valence-corrected chi connectivity index (χ4v) is 4.72. The number of rotatable bonds is 9. The van der Waals surface area contributed by atoms with E-state index in [1.54, 1.807) is 4.90 Å². The Morgan fingerprint density at radius 3 is 2.33 bits per heavy atom. The Bertz CT molecular complexity index is 930. The summed E-state index contributed by atoms with van der Waals surface area (Å²) >= 11 is 0. The van der Waals surface area contributed by atoms with E-state index in [0.29, 0.717) is 18.7 Å². The van der Waals surface area contributed by atoms with Gasteiger partial charge in [0.25, 0.3) is 5.91 Å². The van der Waals surface area contributed by atoms with Crippen LogP contribution in [0.2, 0.25) is 0 Å². The Balaban J connectivity index is 1.77. The smallest absolute Gasteiger partial charge is 0.261 e. The number of amides is 2. The number of benzene rings is 2. The van der Waals surface area contributed by atoms with E-state index in [-0.39, 0.29) is 24.5 Å². The van der Waals surface area contributed by atoms with Crippen LogP contribution in [0.5, 0.6) is 5.75 Å². The normalized spacial score (nSPS) is 15.0. The Hall–Kier alpha value is -2.82. The summed E-state index contributed by atoms with van der Waals surface area (Å²) in [6.45, 7) is 8.30. The summed E-state index contributed by atoms with van der Waals surface area (Å²) < 4.78 is 5.87. The van der Waals surface area contributed by atoms with Crippen LogP contribution in [0.25, 0.3) is 0 Å². The molecule has 0 heterocycles. The third-order valence-corrected chi connectivity index (χ3v) is 6.33. The van der Waals surface area contributed by atoms with Crippen molar-refractivity contribution in [3.05, 3.63) is 64.7 Å². The summed E-state index contributed by atoms with van der Waals surface area (Å²) in [6, 6.07) is 13.7. The number of hydrogen-bond donors (Lipinski definition) is 1. The van der Waals surface area contributed by atoms with Gasteiger partial charge in [-0.1, -0.05) is 62.1 Å². The Labute approximate surface area is 198 Å². The third-order valence-electron chi connectivity index (χ3n) is 6.33. The SMILES string of the molecule is CC[C@@H](C(=O)NC1CCCCC1)N(Cc1cccc(C)c1)C(=O)COc1cc(C)cc(C)c1. The second kappa shape index (κ2) is 11.9. The van der Waals surface area contributed by atoms with E-state index in [1.807, 2.05) is 58.0 Å². The van der Waals surface area contributed by atoms with Crippen molar-refractivity contribution in [2.75, 3.05) is 6.61 Å². The van der Waals surface area contributed by atoms with Crippen LogP contribution in [0.3, 0.4) is 0 Å². The monoisotopic (exact) mass is 450 g/mol. The van der Waals surface area contributed by atoms with E-state index in [1.165, 1.54) is 6.42 Å². The van der Waals surface area contributed by atoms with Crippen molar-refractivity contribution in [1.82, 2.24) is 10.2 Å². The average Bonchev–Trinajstić information content (AvgIpc) is 2.77. The molecule has 0 unspecified atom stereocenters. The number of carbonyl (C=O) groups is 2. The summed E-state index contributed by atoms with van der Waals surface area (Å²) in [5.74, 6) is 0.439. The summed E-state index contributed by atoms with van der Waals surface area (Å²) in [7, 11) is 0. The van der Waals surface area contributed by atoms with E-state index in [9.17, 15) is 9.59 Å². The van der Waals surface area contributed by atoms with Gasteiger partial charge in [-0.25, -0.2) is 0 Å². The predicted octanol–water partition coefficient (Wildman–Crippen LogP) is 5.25. The van der Waals surface area contributed by atoms with Crippen LogP contribution in [-0.2, 0) is 16.1 Å². The lowest BCUT2D eigenvalue weighted by atomic mass is 9.95. The maximum absolute atomic E-state index is 13.4. The molecule has 0 aromatic heterocycles. The third kappa shape index (κ3) is 7.34. The molecule has 2 aromatic carbocycles. The molecule has 1 saturated carbocycles. The molecule has 5 heteroatoms. The molecular weight excluding hydrogens is 412 g/mol. The van der Waals surface area contributed by atoms with Gasteiger partial charge in [0, 0.05) is 12.6 Å². The van der Waals surface area contributed by atoms with Crippen LogP contribution in [0.15, 0.2) is 42.5 Å². The number of ether oxygens (including phenoxy) is 1. The first-order chi connectivity index (χ1) is 15.9. The van der Waals surface area contributed by atoms with Crippen LogP contribution in [0, 0.1) is 20.8 Å². The van der Waals surface area contributed by atoms with Crippen LogP contribution >= 0.6 is 0 Å². The molecule has 1 aliphatic rings. The molecule has 0 aliphatic heterocycles. The molecular formula is C28H38N2O3.